The van der Waals surface area contributed by atoms with E-state index in [0.717, 1.165) is 36.9 Å². The number of rotatable bonds is 7. The molecule has 24 heavy (non-hydrogen) atoms. The van der Waals surface area contributed by atoms with E-state index in [4.69, 9.17) is 10.0 Å². The van der Waals surface area contributed by atoms with Crippen molar-refractivity contribution < 1.29 is 19.6 Å². The molecule has 7 nitrogen and oxygen atoms in total. The Labute approximate surface area is 141 Å². The van der Waals surface area contributed by atoms with Gasteiger partial charge in [0.15, 0.2) is 0 Å². The number of hydroxylamine groups is 3. The molecule has 0 radical (unpaired) electrons. The van der Waals surface area contributed by atoms with E-state index < -0.39 is 5.91 Å². The molecule has 2 N–H and O–H groups in total. The van der Waals surface area contributed by atoms with Crippen LogP contribution in [0, 0.1) is 0 Å². The average molecular weight is 335 g/mol. The van der Waals surface area contributed by atoms with Crippen LogP contribution in [-0.4, -0.2) is 33.2 Å². The molecule has 1 heterocycles. The molecular weight excluding hydrogens is 310 g/mol. The van der Waals surface area contributed by atoms with E-state index in [1.165, 1.54) is 13.3 Å². The number of pyridine rings is 1. The number of hydrogen-bond acceptors (Lipinski definition) is 6. The van der Waals surface area contributed by atoms with Crippen molar-refractivity contribution in [1.82, 2.24) is 15.5 Å². The van der Waals surface area contributed by atoms with Crippen LogP contribution in [0.4, 0.5) is 0 Å². The van der Waals surface area contributed by atoms with E-state index in [1.807, 2.05) is 12.1 Å². The number of hydrogen-bond donors (Lipinski definition) is 2. The van der Waals surface area contributed by atoms with Gasteiger partial charge in [0, 0.05) is 31.3 Å². The Balaban J connectivity index is 1.95. The monoisotopic (exact) mass is 335 g/mol. The second-order valence-electron chi connectivity index (χ2n) is 6.14. The minimum absolute atomic E-state index is 0.185. The van der Waals surface area contributed by atoms with Gasteiger partial charge in [0.25, 0.3) is 0 Å². The highest BCUT2D eigenvalue weighted by Gasteiger charge is 2.24. The van der Waals surface area contributed by atoms with Gasteiger partial charge in [0.2, 0.25) is 5.91 Å². The van der Waals surface area contributed by atoms with E-state index in [2.05, 4.69) is 4.98 Å². The Hall–Kier alpha value is -1.99. The highest BCUT2D eigenvalue weighted by atomic mass is 16.7. The summed E-state index contributed by atoms with van der Waals surface area (Å²) in [6.45, 7) is 1.93. The minimum Gasteiger partial charge on any atom is -0.368 e. The molecule has 0 saturated heterocycles. The van der Waals surface area contributed by atoms with Crippen LogP contribution in [0.15, 0.2) is 18.3 Å². The molecule has 0 bridgehead atoms. The predicted molar refractivity (Wildman–Crippen MR) is 86.7 cm³/mol. The highest BCUT2D eigenvalue weighted by Crippen LogP contribution is 2.24. The van der Waals surface area contributed by atoms with Gasteiger partial charge in [0.1, 0.15) is 0 Å². The molecule has 2 rings (SSSR count). The summed E-state index contributed by atoms with van der Waals surface area (Å²) >= 11 is 0. The lowest BCUT2D eigenvalue weighted by molar-refractivity contribution is -0.206. The Morgan fingerprint density at radius 3 is 2.67 bits per heavy atom. The molecule has 1 aromatic rings. The molecule has 1 aromatic heterocycles. The summed E-state index contributed by atoms with van der Waals surface area (Å²) in [5, 5.41) is 10.3. The van der Waals surface area contributed by atoms with Crippen molar-refractivity contribution >= 4 is 11.9 Å². The number of aromatic nitrogens is 1. The molecule has 1 fully saturated rings. The van der Waals surface area contributed by atoms with Crippen LogP contribution in [0.2, 0.25) is 0 Å². The van der Waals surface area contributed by atoms with Gasteiger partial charge >= 0.3 is 5.97 Å². The van der Waals surface area contributed by atoms with Crippen LogP contribution < -0.4 is 5.48 Å². The molecular formula is C17H25N3O4. The van der Waals surface area contributed by atoms with Crippen LogP contribution in [-0.2, 0) is 27.4 Å². The Morgan fingerprint density at radius 2 is 2.08 bits per heavy atom. The van der Waals surface area contributed by atoms with Crippen molar-refractivity contribution in [2.24, 2.45) is 0 Å². The largest absolute Gasteiger partial charge is 0.368 e. The maximum atomic E-state index is 11.4. The molecule has 1 aliphatic carbocycles. The van der Waals surface area contributed by atoms with Gasteiger partial charge in [-0.3, -0.25) is 19.8 Å². The Morgan fingerprint density at radius 1 is 1.33 bits per heavy atom. The van der Waals surface area contributed by atoms with Gasteiger partial charge in [-0.2, -0.15) is 0 Å². The first-order valence-corrected chi connectivity index (χ1v) is 8.40. The van der Waals surface area contributed by atoms with Gasteiger partial charge in [0.05, 0.1) is 6.54 Å². The van der Waals surface area contributed by atoms with Crippen LogP contribution in [0.3, 0.4) is 0 Å². The number of aryl methyl sites for hydroxylation is 1. The lowest BCUT2D eigenvalue weighted by Gasteiger charge is -2.32. The molecule has 7 heteroatoms. The standard InChI is InChI=1S/C17H25N3O4/c1-13(21)24-20(16-5-3-2-4-6-16)12-14-7-8-15(18-11-14)9-10-17(22)19-23/h7-8,11,16,23H,2-6,9-10,12H2,1H3,(H,19,22). The Kier molecular flexibility index (Phi) is 7.14. The topological polar surface area (TPSA) is 91.8 Å². The van der Waals surface area contributed by atoms with Gasteiger partial charge in [-0.15, -0.1) is 5.06 Å². The SMILES string of the molecule is CC(=O)ON(Cc1ccc(CCC(=O)NO)nc1)C1CCCCC1. The minimum atomic E-state index is -0.431. The van der Waals surface area contributed by atoms with Gasteiger partial charge in [-0.25, -0.2) is 5.48 Å². The first-order valence-electron chi connectivity index (χ1n) is 8.40. The van der Waals surface area contributed by atoms with Crippen LogP contribution in [0.1, 0.15) is 56.7 Å². The summed E-state index contributed by atoms with van der Waals surface area (Å²) in [7, 11) is 0. The Bertz CT molecular complexity index is 541. The van der Waals surface area contributed by atoms with Crippen LogP contribution >= 0.6 is 0 Å². The molecule has 0 aromatic carbocycles. The van der Waals surface area contributed by atoms with E-state index in [0.29, 0.717) is 13.0 Å². The van der Waals surface area contributed by atoms with Gasteiger partial charge in [-0.1, -0.05) is 25.3 Å². The molecule has 1 aliphatic rings. The molecule has 1 amide bonds. The van der Waals surface area contributed by atoms with Crippen molar-refractivity contribution in [2.75, 3.05) is 0 Å². The molecule has 0 aliphatic heterocycles. The fourth-order valence-electron chi connectivity index (χ4n) is 2.94. The smallest absolute Gasteiger partial charge is 0.322 e. The number of carbonyl (C=O) groups is 2. The third-order valence-corrected chi connectivity index (χ3v) is 4.19. The number of nitrogens with zero attached hydrogens (tertiary/aromatic N) is 2. The van der Waals surface area contributed by atoms with Crippen LogP contribution in [0.25, 0.3) is 0 Å². The fraction of sp³-hybridized carbons (Fsp3) is 0.588. The summed E-state index contributed by atoms with van der Waals surface area (Å²) in [5.74, 6) is -0.737. The van der Waals surface area contributed by atoms with Crippen molar-refractivity contribution in [3.8, 4) is 0 Å². The normalized spacial score (nSPS) is 15.3. The zero-order valence-corrected chi connectivity index (χ0v) is 14.0. The van der Waals surface area contributed by atoms with Gasteiger partial charge < -0.3 is 4.84 Å². The zero-order valence-electron chi connectivity index (χ0n) is 14.0. The van der Waals surface area contributed by atoms with E-state index >= 15 is 0 Å². The van der Waals surface area contributed by atoms with Crippen LogP contribution in [0.5, 0.6) is 0 Å². The third-order valence-electron chi connectivity index (χ3n) is 4.19. The summed E-state index contributed by atoms with van der Waals surface area (Å²) in [4.78, 5) is 32.1. The molecule has 1 saturated carbocycles. The first kappa shape index (κ1) is 18.4. The van der Waals surface area contributed by atoms with Crippen molar-refractivity contribution in [3.05, 3.63) is 29.6 Å². The summed E-state index contributed by atoms with van der Waals surface area (Å²) < 4.78 is 0. The van der Waals surface area contributed by atoms with E-state index in [-0.39, 0.29) is 18.4 Å². The first-order chi connectivity index (χ1) is 11.6. The highest BCUT2D eigenvalue weighted by molar-refractivity contribution is 5.74. The molecule has 132 valence electrons. The van der Waals surface area contributed by atoms with E-state index in [9.17, 15) is 9.59 Å². The summed E-state index contributed by atoms with van der Waals surface area (Å²) in [6.07, 6.45) is 8.02. The van der Waals surface area contributed by atoms with Crippen molar-refractivity contribution in [1.29, 1.82) is 0 Å². The summed E-state index contributed by atoms with van der Waals surface area (Å²) in [5.41, 5.74) is 3.34. The quantitative estimate of drug-likeness (QED) is 0.586. The lowest BCUT2D eigenvalue weighted by atomic mass is 9.95. The molecule has 0 spiro atoms. The zero-order chi connectivity index (χ0) is 17.4. The lowest BCUT2D eigenvalue weighted by Crippen LogP contribution is -2.37. The van der Waals surface area contributed by atoms with Crippen molar-refractivity contribution in [3.63, 3.8) is 0 Å². The number of amides is 1. The molecule has 0 atom stereocenters. The second-order valence-corrected chi connectivity index (χ2v) is 6.14. The molecule has 0 unspecified atom stereocenters. The van der Waals surface area contributed by atoms with Crippen molar-refractivity contribution in [2.45, 2.75) is 64.5 Å². The average Bonchev–Trinajstić information content (AvgIpc) is 2.60. The predicted octanol–water partition coefficient (Wildman–Crippen LogP) is 2.13. The maximum Gasteiger partial charge on any atom is 0.322 e. The maximum absolute atomic E-state index is 11.4. The summed E-state index contributed by atoms with van der Waals surface area (Å²) in [6, 6.07) is 4.04. The number of nitrogens with one attached hydrogen (secondary N) is 1. The van der Waals surface area contributed by atoms with E-state index in [1.54, 1.807) is 16.7 Å². The second kappa shape index (κ2) is 9.34. The number of carbonyl (C=O) groups excluding carboxylic acids is 2. The third kappa shape index (κ3) is 5.90. The van der Waals surface area contributed by atoms with Gasteiger partial charge in [-0.05, 0) is 30.9 Å². The fourth-order valence-corrected chi connectivity index (χ4v) is 2.94.